The number of rotatable bonds is 4. The molecule has 19 heavy (non-hydrogen) atoms. The molecule has 1 aromatic rings. The van der Waals surface area contributed by atoms with Crippen LogP contribution in [-0.2, 0) is 4.79 Å². The van der Waals surface area contributed by atoms with Crippen LogP contribution in [0.1, 0.15) is 20.3 Å². The number of aliphatic carboxylic acids is 1. The summed E-state index contributed by atoms with van der Waals surface area (Å²) in [6, 6.07) is 6.10. The Hall–Kier alpha value is -1.62. The Kier molecular flexibility index (Phi) is 3.75. The highest BCUT2D eigenvalue weighted by Gasteiger charge is 2.45. The molecule has 1 aromatic carbocycles. The summed E-state index contributed by atoms with van der Waals surface area (Å²) >= 11 is 0. The van der Waals surface area contributed by atoms with Crippen LogP contribution in [0.4, 0.5) is 10.1 Å². The molecule has 1 unspecified atom stereocenters. The van der Waals surface area contributed by atoms with E-state index in [1.54, 1.807) is 12.1 Å². The smallest absolute Gasteiger partial charge is 0.330 e. The van der Waals surface area contributed by atoms with E-state index in [9.17, 15) is 14.3 Å². The van der Waals surface area contributed by atoms with Crippen LogP contribution in [0.25, 0.3) is 0 Å². The molecule has 0 aromatic heterocycles. The molecule has 1 aliphatic heterocycles. The lowest BCUT2D eigenvalue weighted by Gasteiger charge is -2.28. The van der Waals surface area contributed by atoms with Gasteiger partial charge in [0.15, 0.2) is 0 Å². The van der Waals surface area contributed by atoms with Crippen molar-refractivity contribution in [3.63, 3.8) is 0 Å². The largest absolute Gasteiger partial charge is 0.479 e. The minimum Gasteiger partial charge on any atom is -0.479 e. The molecule has 1 atom stereocenters. The van der Waals surface area contributed by atoms with Crippen LogP contribution in [-0.4, -0.2) is 40.6 Å². The summed E-state index contributed by atoms with van der Waals surface area (Å²) in [6.45, 7) is 5.31. The minimum atomic E-state index is -0.984. The average molecular weight is 266 g/mol. The Morgan fingerprint density at radius 3 is 2.53 bits per heavy atom. The Labute approximate surface area is 112 Å². The maximum Gasteiger partial charge on any atom is 0.330 e. The third-order valence-electron chi connectivity index (χ3n) is 3.67. The van der Waals surface area contributed by atoms with Crippen LogP contribution < -0.4 is 5.32 Å². The van der Waals surface area contributed by atoms with Gasteiger partial charge < -0.3 is 10.4 Å². The number of hydrogen-bond donors (Lipinski definition) is 2. The van der Waals surface area contributed by atoms with Crippen molar-refractivity contribution in [2.45, 2.75) is 31.8 Å². The fourth-order valence-electron chi connectivity index (χ4n) is 2.42. The zero-order chi connectivity index (χ0) is 14.0. The maximum atomic E-state index is 12.9. The van der Waals surface area contributed by atoms with E-state index in [2.05, 4.69) is 24.1 Å². The van der Waals surface area contributed by atoms with Crippen LogP contribution in [0.3, 0.4) is 0 Å². The molecule has 0 bridgehead atoms. The zero-order valence-electron chi connectivity index (χ0n) is 11.2. The minimum absolute atomic E-state index is 0.316. The number of carbonyl (C=O) groups is 1. The molecule has 2 N–H and O–H groups in total. The molecule has 2 rings (SSSR count). The predicted molar refractivity (Wildman–Crippen MR) is 71.7 cm³/mol. The lowest BCUT2D eigenvalue weighted by molar-refractivity contribution is -0.141. The number of benzene rings is 1. The normalized spacial score (nSPS) is 23.8. The molecule has 1 aliphatic rings. The number of nitrogens with one attached hydrogen (secondary N) is 1. The van der Waals surface area contributed by atoms with Crippen LogP contribution in [0, 0.1) is 5.82 Å². The van der Waals surface area contributed by atoms with E-state index in [0.29, 0.717) is 24.7 Å². The van der Waals surface area contributed by atoms with Gasteiger partial charge in [-0.15, -0.1) is 0 Å². The third-order valence-corrected chi connectivity index (χ3v) is 3.67. The summed E-state index contributed by atoms with van der Waals surface area (Å²) in [7, 11) is 0. The van der Waals surface area contributed by atoms with E-state index >= 15 is 0 Å². The summed E-state index contributed by atoms with van der Waals surface area (Å²) in [6.07, 6.45) is 0.540. The number of nitrogens with zero attached hydrogens (tertiary/aromatic N) is 1. The molecule has 4 nitrogen and oxygen atoms in total. The number of carboxylic acids is 1. The fraction of sp³-hybridized carbons (Fsp3) is 0.500. The molecule has 1 saturated heterocycles. The molecule has 0 spiro atoms. The summed E-state index contributed by atoms with van der Waals surface area (Å²) in [4.78, 5) is 13.7. The molecule has 0 saturated carbocycles. The quantitative estimate of drug-likeness (QED) is 0.877. The van der Waals surface area contributed by atoms with E-state index < -0.39 is 11.5 Å². The number of likely N-dealkylation sites (tertiary alicyclic amines) is 1. The van der Waals surface area contributed by atoms with Crippen molar-refractivity contribution in [1.82, 2.24) is 4.90 Å². The van der Waals surface area contributed by atoms with E-state index in [-0.39, 0.29) is 5.82 Å². The molecule has 0 aliphatic carbocycles. The molecule has 1 fully saturated rings. The van der Waals surface area contributed by atoms with Gasteiger partial charge in [-0.05, 0) is 44.5 Å². The first kappa shape index (κ1) is 13.8. The third kappa shape index (κ3) is 2.87. The van der Waals surface area contributed by atoms with E-state index in [0.717, 1.165) is 6.54 Å². The Balaban J connectivity index is 2.17. The van der Waals surface area contributed by atoms with E-state index in [4.69, 9.17) is 0 Å². The fourth-order valence-corrected chi connectivity index (χ4v) is 2.42. The number of anilines is 1. The van der Waals surface area contributed by atoms with Crippen LogP contribution in [0.5, 0.6) is 0 Å². The van der Waals surface area contributed by atoms with Gasteiger partial charge in [-0.1, -0.05) is 0 Å². The second-order valence-electron chi connectivity index (χ2n) is 5.33. The Morgan fingerprint density at radius 2 is 2.05 bits per heavy atom. The van der Waals surface area contributed by atoms with Gasteiger partial charge in [-0.25, -0.2) is 9.18 Å². The number of carboxylic acid groups (broad SMARTS) is 1. The monoisotopic (exact) mass is 266 g/mol. The van der Waals surface area contributed by atoms with Crippen LogP contribution in [0.2, 0.25) is 0 Å². The highest BCUT2D eigenvalue weighted by molar-refractivity contribution is 5.83. The topological polar surface area (TPSA) is 52.6 Å². The van der Waals surface area contributed by atoms with Gasteiger partial charge in [0.1, 0.15) is 11.4 Å². The first-order valence-electron chi connectivity index (χ1n) is 6.44. The highest BCUT2D eigenvalue weighted by Crippen LogP contribution is 2.28. The summed E-state index contributed by atoms with van der Waals surface area (Å²) in [5.41, 5.74) is -0.350. The average Bonchev–Trinajstić information content (AvgIpc) is 2.78. The van der Waals surface area contributed by atoms with Gasteiger partial charge in [-0.3, -0.25) is 4.90 Å². The summed E-state index contributed by atoms with van der Waals surface area (Å²) in [5, 5.41) is 12.6. The van der Waals surface area contributed by atoms with Crippen molar-refractivity contribution in [2.75, 3.05) is 18.4 Å². The molecule has 0 radical (unpaired) electrons. The van der Waals surface area contributed by atoms with Crippen LogP contribution in [0.15, 0.2) is 24.3 Å². The first-order chi connectivity index (χ1) is 8.93. The predicted octanol–water partition coefficient (Wildman–Crippen LogP) is 2.18. The van der Waals surface area contributed by atoms with E-state index in [1.165, 1.54) is 12.1 Å². The van der Waals surface area contributed by atoms with Crippen molar-refractivity contribution in [2.24, 2.45) is 0 Å². The summed E-state index contributed by atoms with van der Waals surface area (Å²) in [5.74, 6) is -1.19. The lowest BCUT2D eigenvalue weighted by Crippen LogP contribution is -2.49. The second kappa shape index (κ2) is 5.17. The lowest BCUT2D eigenvalue weighted by atomic mass is 9.98. The van der Waals surface area contributed by atoms with Gasteiger partial charge in [0.05, 0.1) is 0 Å². The van der Waals surface area contributed by atoms with Crippen molar-refractivity contribution in [3.05, 3.63) is 30.1 Å². The van der Waals surface area contributed by atoms with E-state index in [1.807, 2.05) is 0 Å². The Morgan fingerprint density at radius 1 is 1.42 bits per heavy atom. The molecule has 5 heteroatoms. The molecular formula is C14H19FN2O2. The molecule has 1 heterocycles. The van der Waals surface area contributed by atoms with Crippen molar-refractivity contribution >= 4 is 11.7 Å². The summed E-state index contributed by atoms with van der Waals surface area (Å²) < 4.78 is 12.9. The van der Waals surface area contributed by atoms with Crippen molar-refractivity contribution in [1.29, 1.82) is 0 Å². The number of hydrogen-bond acceptors (Lipinski definition) is 3. The SMILES string of the molecule is CC(C)N1CCC(Nc2ccc(F)cc2)(C(=O)O)C1. The van der Waals surface area contributed by atoms with Gasteiger partial charge in [0, 0.05) is 24.8 Å². The van der Waals surface area contributed by atoms with Crippen molar-refractivity contribution < 1.29 is 14.3 Å². The molecule has 0 amide bonds. The highest BCUT2D eigenvalue weighted by atomic mass is 19.1. The Bertz CT molecular complexity index is 461. The second-order valence-corrected chi connectivity index (χ2v) is 5.33. The maximum absolute atomic E-state index is 12.9. The number of halogens is 1. The first-order valence-corrected chi connectivity index (χ1v) is 6.44. The molecular weight excluding hydrogens is 247 g/mol. The van der Waals surface area contributed by atoms with Gasteiger partial charge in [0.25, 0.3) is 0 Å². The van der Waals surface area contributed by atoms with Gasteiger partial charge in [-0.2, -0.15) is 0 Å². The van der Waals surface area contributed by atoms with Gasteiger partial charge >= 0.3 is 5.97 Å². The van der Waals surface area contributed by atoms with Crippen LogP contribution >= 0.6 is 0 Å². The van der Waals surface area contributed by atoms with Gasteiger partial charge in [0.2, 0.25) is 0 Å². The zero-order valence-corrected chi connectivity index (χ0v) is 11.2. The van der Waals surface area contributed by atoms with Crippen molar-refractivity contribution in [3.8, 4) is 0 Å². The molecule has 104 valence electrons. The standard InChI is InChI=1S/C14H19FN2O2/c1-10(2)17-8-7-14(9-17,13(18)19)16-12-5-3-11(15)4-6-12/h3-6,10,16H,7-9H2,1-2H3,(H,18,19).